The van der Waals surface area contributed by atoms with Crippen molar-refractivity contribution in [1.29, 1.82) is 5.26 Å². The number of carbonyl (C=O) groups is 1. The summed E-state index contributed by atoms with van der Waals surface area (Å²) in [6.07, 6.45) is 0.590. The van der Waals surface area contributed by atoms with Crippen molar-refractivity contribution in [3.63, 3.8) is 0 Å². The van der Waals surface area contributed by atoms with Gasteiger partial charge in [-0.25, -0.2) is 8.42 Å². The lowest BCUT2D eigenvalue weighted by molar-refractivity contribution is -0.120. The molecule has 0 spiro atoms. The van der Waals surface area contributed by atoms with E-state index >= 15 is 0 Å². The van der Waals surface area contributed by atoms with Crippen LogP contribution < -0.4 is 5.32 Å². The van der Waals surface area contributed by atoms with Gasteiger partial charge >= 0.3 is 0 Å². The number of hydrogen-bond donors (Lipinski definition) is 1. The van der Waals surface area contributed by atoms with Gasteiger partial charge in [0.1, 0.15) is 0 Å². The summed E-state index contributed by atoms with van der Waals surface area (Å²) in [6, 6.07) is 6.43. The number of amides is 1. The summed E-state index contributed by atoms with van der Waals surface area (Å²) in [5.41, 5.74) is 0.822. The normalized spacial score (nSPS) is 11.2. The topological polar surface area (TPSA) is 90.3 Å². The fourth-order valence-corrected chi connectivity index (χ4v) is 3.60. The molecule has 0 aliphatic heterocycles. The second-order valence-corrected chi connectivity index (χ2v) is 6.51. The molecule has 0 aliphatic carbocycles. The molecule has 0 saturated carbocycles. The van der Waals surface area contributed by atoms with Gasteiger partial charge in [0.2, 0.25) is 15.9 Å². The highest BCUT2D eigenvalue weighted by Gasteiger charge is 2.27. The molecular weight excluding hydrogens is 290 g/mol. The van der Waals surface area contributed by atoms with Gasteiger partial charge in [0.25, 0.3) is 0 Å². The van der Waals surface area contributed by atoms with Crippen molar-refractivity contribution in [2.24, 2.45) is 0 Å². The largest absolute Gasteiger partial charge is 0.358 e. The van der Waals surface area contributed by atoms with E-state index in [9.17, 15) is 13.2 Å². The molecule has 0 fully saturated rings. The van der Waals surface area contributed by atoms with E-state index in [0.717, 1.165) is 4.31 Å². The third-order valence-electron chi connectivity index (χ3n) is 3.01. The van der Waals surface area contributed by atoms with Crippen LogP contribution >= 0.6 is 0 Å². The van der Waals surface area contributed by atoms with Gasteiger partial charge in [-0.3, -0.25) is 4.79 Å². The van der Waals surface area contributed by atoms with Crippen LogP contribution in [0.4, 0.5) is 0 Å². The number of nitrogens with one attached hydrogen (secondary N) is 1. The van der Waals surface area contributed by atoms with Gasteiger partial charge in [0, 0.05) is 13.6 Å². The second kappa shape index (κ2) is 7.20. The van der Waals surface area contributed by atoms with Gasteiger partial charge < -0.3 is 5.32 Å². The monoisotopic (exact) mass is 309 g/mol. The number of sulfonamides is 1. The number of aryl methyl sites for hydroxylation is 1. The predicted molar refractivity (Wildman–Crippen MR) is 79.0 cm³/mol. The molecule has 21 heavy (non-hydrogen) atoms. The van der Waals surface area contributed by atoms with Gasteiger partial charge in [-0.05, 0) is 31.0 Å². The molecule has 114 valence electrons. The highest BCUT2D eigenvalue weighted by molar-refractivity contribution is 7.89. The standard InChI is InChI=1S/C14H19N3O3S/c1-4-7-17(10-14(18)16-3)21(19,20)13-8-12(9-15)6-5-11(13)2/h5-6,8H,4,7,10H2,1-3H3,(H,16,18). The fraction of sp³-hybridized carbons (Fsp3) is 0.429. The van der Waals surface area contributed by atoms with E-state index in [1.165, 1.54) is 13.1 Å². The van der Waals surface area contributed by atoms with Crippen LogP contribution in [0.25, 0.3) is 0 Å². The Bertz CT molecular complexity index is 663. The molecule has 0 aromatic heterocycles. The van der Waals surface area contributed by atoms with Crippen LogP contribution in [0.15, 0.2) is 23.1 Å². The smallest absolute Gasteiger partial charge is 0.243 e. The third-order valence-corrected chi connectivity index (χ3v) is 4.99. The van der Waals surface area contributed by atoms with Crippen molar-refractivity contribution in [3.8, 4) is 6.07 Å². The number of hydrogen-bond acceptors (Lipinski definition) is 4. The zero-order valence-electron chi connectivity index (χ0n) is 12.4. The number of benzene rings is 1. The van der Waals surface area contributed by atoms with E-state index in [4.69, 9.17) is 5.26 Å². The van der Waals surface area contributed by atoms with Gasteiger partial charge in [0.15, 0.2) is 0 Å². The molecule has 0 heterocycles. The summed E-state index contributed by atoms with van der Waals surface area (Å²) < 4.78 is 26.5. The Morgan fingerprint density at radius 1 is 1.43 bits per heavy atom. The Morgan fingerprint density at radius 3 is 2.62 bits per heavy atom. The summed E-state index contributed by atoms with van der Waals surface area (Å²) in [5, 5.41) is 11.3. The van der Waals surface area contributed by atoms with E-state index in [0.29, 0.717) is 12.0 Å². The highest BCUT2D eigenvalue weighted by Crippen LogP contribution is 2.21. The number of nitrogens with zero attached hydrogens (tertiary/aromatic N) is 2. The maximum atomic E-state index is 12.7. The fourth-order valence-electron chi connectivity index (χ4n) is 1.86. The lowest BCUT2D eigenvalue weighted by Crippen LogP contribution is -2.40. The van der Waals surface area contributed by atoms with E-state index < -0.39 is 10.0 Å². The molecule has 1 rings (SSSR count). The minimum absolute atomic E-state index is 0.0684. The molecule has 0 radical (unpaired) electrons. The molecular formula is C14H19N3O3S. The van der Waals surface area contributed by atoms with Crippen molar-refractivity contribution in [2.75, 3.05) is 20.1 Å². The third kappa shape index (κ3) is 4.03. The number of nitriles is 1. The molecule has 0 aliphatic rings. The Morgan fingerprint density at radius 2 is 2.10 bits per heavy atom. The molecule has 1 amide bonds. The van der Waals surface area contributed by atoms with Gasteiger partial charge in [-0.15, -0.1) is 0 Å². The van der Waals surface area contributed by atoms with Crippen molar-refractivity contribution < 1.29 is 13.2 Å². The minimum atomic E-state index is -3.81. The van der Waals surface area contributed by atoms with E-state index in [-0.39, 0.29) is 29.5 Å². The number of carbonyl (C=O) groups excluding carboxylic acids is 1. The van der Waals surface area contributed by atoms with Crippen LogP contribution in [-0.2, 0) is 14.8 Å². The van der Waals surface area contributed by atoms with Crippen LogP contribution in [0, 0.1) is 18.3 Å². The first kappa shape index (κ1) is 17.1. The SMILES string of the molecule is CCCN(CC(=O)NC)S(=O)(=O)c1cc(C#N)ccc1C. The summed E-state index contributed by atoms with van der Waals surface area (Å²) in [4.78, 5) is 11.6. The van der Waals surface area contributed by atoms with Crippen LogP contribution in [0.3, 0.4) is 0 Å². The summed E-state index contributed by atoms with van der Waals surface area (Å²) in [5.74, 6) is -0.374. The minimum Gasteiger partial charge on any atom is -0.358 e. The van der Waals surface area contributed by atoms with Crippen LogP contribution in [0.5, 0.6) is 0 Å². The summed E-state index contributed by atoms with van der Waals surface area (Å²) >= 11 is 0. The first-order valence-corrected chi connectivity index (χ1v) is 8.02. The lowest BCUT2D eigenvalue weighted by Gasteiger charge is -2.21. The van der Waals surface area contributed by atoms with E-state index in [1.807, 2.05) is 13.0 Å². The number of likely N-dealkylation sites (N-methyl/N-ethyl adjacent to an activating group) is 1. The van der Waals surface area contributed by atoms with Crippen LogP contribution in [-0.4, -0.2) is 38.8 Å². The molecule has 0 bridgehead atoms. The molecule has 1 aromatic carbocycles. The van der Waals surface area contributed by atoms with Crippen LogP contribution in [0.2, 0.25) is 0 Å². The number of rotatable bonds is 6. The molecule has 1 aromatic rings. The van der Waals surface area contributed by atoms with Gasteiger partial charge in [-0.2, -0.15) is 9.57 Å². The van der Waals surface area contributed by atoms with Gasteiger partial charge in [0.05, 0.1) is 23.1 Å². The average Bonchev–Trinajstić information content (AvgIpc) is 2.46. The Balaban J connectivity index is 3.29. The zero-order valence-corrected chi connectivity index (χ0v) is 13.2. The average molecular weight is 309 g/mol. The van der Waals surface area contributed by atoms with Gasteiger partial charge in [-0.1, -0.05) is 13.0 Å². The molecule has 0 saturated heterocycles. The molecule has 6 nitrogen and oxygen atoms in total. The van der Waals surface area contributed by atoms with Crippen molar-refractivity contribution >= 4 is 15.9 Å². The second-order valence-electron chi connectivity index (χ2n) is 4.60. The summed E-state index contributed by atoms with van der Waals surface area (Å²) in [7, 11) is -2.35. The van der Waals surface area contributed by atoms with E-state index in [2.05, 4.69) is 5.32 Å². The lowest BCUT2D eigenvalue weighted by atomic mass is 10.2. The molecule has 0 unspecified atom stereocenters. The molecule has 7 heteroatoms. The Hall–Kier alpha value is -1.91. The summed E-state index contributed by atoms with van der Waals surface area (Å²) in [6.45, 7) is 3.51. The van der Waals surface area contributed by atoms with Crippen molar-refractivity contribution in [3.05, 3.63) is 29.3 Å². The zero-order chi connectivity index (χ0) is 16.0. The predicted octanol–water partition coefficient (Wildman–Crippen LogP) is 1.01. The quantitative estimate of drug-likeness (QED) is 0.849. The van der Waals surface area contributed by atoms with E-state index in [1.54, 1.807) is 19.1 Å². The van der Waals surface area contributed by atoms with Crippen molar-refractivity contribution in [1.82, 2.24) is 9.62 Å². The van der Waals surface area contributed by atoms with Crippen LogP contribution in [0.1, 0.15) is 24.5 Å². The molecule has 1 N–H and O–H groups in total. The molecule has 0 atom stereocenters. The Labute approximate surface area is 125 Å². The first-order valence-electron chi connectivity index (χ1n) is 6.58. The maximum absolute atomic E-state index is 12.7. The maximum Gasteiger partial charge on any atom is 0.243 e. The Kier molecular flexibility index (Phi) is 5.88. The highest BCUT2D eigenvalue weighted by atomic mass is 32.2. The van der Waals surface area contributed by atoms with Crippen molar-refractivity contribution in [2.45, 2.75) is 25.2 Å². The first-order chi connectivity index (χ1) is 9.86.